The number of amides is 1. The molecule has 1 N–H and O–H groups in total. The van der Waals surface area contributed by atoms with E-state index in [4.69, 9.17) is 4.74 Å². The topological polar surface area (TPSA) is 66.8 Å². The van der Waals surface area contributed by atoms with Crippen molar-refractivity contribution in [3.05, 3.63) is 40.1 Å². The van der Waals surface area contributed by atoms with Crippen molar-refractivity contribution >= 4 is 29.3 Å². The van der Waals surface area contributed by atoms with E-state index in [1.54, 1.807) is 19.1 Å². The molecule has 0 saturated carbocycles. The summed E-state index contributed by atoms with van der Waals surface area (Å²) in [6, 6.07) is 3.58. The van der Waals surface area contributed by atoms with Gasteiger partial charge in [-0.3, -0.25) is 4.79 Å². The third kappa shape index (κ3) is 6.08. The number of carbonyl (C=O) groups is 2. The highest BCUT2D eigenvalue weighted by Crippen LogP contribution is 2.22. The van der Waals surface area contributed by atoms with Gasteiger partial charge in [-0.05, 0) is 37.5 Å². The van der Waals surface area contributed by atoms with E-state index >= 15 is 0 Å². The fraction of sp³-hybridized carbons (Fsp3) is 0.455. The van der Waals surface area contributed by atoms with Gasteiger partial charge < -0.3 is 14.7 Å². The Hall–Kier alpha value is -2.36. The van der Waals surface area contributed by atoms with Gasteiger partial charge in [0.2, 0.25) is 5.91 Å². The molecule has 5 nitrogen and oxygen atoms in total. The number of esters is 1. The molecule has 1 aromatic heterocycles. The Morgan fingerprint density at radius 1 is 1.50 bits per heavy atom. The molecule has 0 radical (unpaired) electrons. The number of carbonyl (C=O) groups excluding carboxylic acids is 2. The maximum absolute atomic E-state index is 12.2. The third-order valence-corrected chi connectivity index (χ3v) is 5.72. The van der Waals surface area contributed by atoms with Crippen LogP contribution in [0.3, 0.4) is 0 Å². The number of ether oxygens (including phenoxy) is 1. The molecule has 150 valence electrons. The monoisotopic (exact) mass is 401 g/mol. The van der Waals surface area contributed by atoms with Crippen LogP contribution in [0, 0.1) is 17.8 Å². The maximum atomic E-state index is 12.2. The summed E-state index contributed by atoms with van der Waals surface area (Å²) in [6.07, 6.45) is 8.88. The number of aliphatic hydroxyl groups is 1. The van der Waals surface area contributed by atoms with Gasteiger partial charge in [0.05, 0.1) is 19.3 Å². The number of rotatable bonds is 8. The second-order valence-electron chi connectivity index (χ2n) is 6.73. The first kappa shape index (κ1) is 21.9. The quantitative estimate of drug-likeness (QED) is 0.411. The normalized spacial score (nSPS) is 19.1. The van der Waals surface area contributed by atoms with Crippen molar-refractivity contribution < 1.29 is 19.4 Å². The largest absolute Gasteiger partial charge is 0.465 e. The first-order valence-corrected chi connectivity index (χ1v) is 10.2. The molecule has 0 spiro atoms. The van der Waals surface area contributed by atoms with Crippen LogP contribution in [0.25, 0.3) is 6.08 Å². The average Bonchev–Trinajstić information content (AvgIpc) is 3.31. The zero-order valence-electron chi connectivity index (χ0n) is 16.6. The number of likely N-dealkylation sites (tertiary alicyclic amines) is 1. The van der Waals surface area contributed by atoms with Gasteiger partial charge in [-0.15, -0.1) is 23.2 Å². The minimum absolute atomic E-state index is 0.00905. The van der Waals surface area contributed by atoms with E-state index < -0.39 is 6.10 Å². The van der Waals surface area contributed by atoms with E-state index in [1.165, 1.54) is 18.4 Å². The zero-order chi connectivity index (χ0) is 20.5. The van der Waals surface area contributed by atoms with Crippen LogP contribution in [0.2, 0.25) is 0 Å². The Balaban J connectivity index is 1.94. The van der Waals surface area contributed by atoms with E-state index in [-0.39, 0.29) is 23.8 Å². The summed E-state index contributed by atoms with van der Waals surface area (Å²) in [5.74, 6) is 5.64. The van der Waals surface area contributed by atoms with Crippen LogP contribution < -0.4 is 0 Å². The molecule has 1 amide bonds. The van der Waals surface area contributed by atoms with Crippen LogP contribution in [0.1, 0.15) is 47.7 Å². The van der Waals surface area contributed by atoms with Crippen molar-refractivity contribution in [1.82, 2.24) is 4.90 Å². The Bertz CT molecular complexity index is 799. The number of methoxy groups -OCH3 is 1. The SMILES string of the molecule is CC#CC[C@H](C)[C@H](O)C=C[C@H]1CCC(=O)N1CC=Cc1ccc(C(=O)OC)s1. The Morgan fingerprint density at radius 3 is 3.00 bits per heavy atom. The molecule has 0 unspecified atom stereocenters. The van der Waals surface area contributed by atoms with Gasteiger partial charge in [0.25, 0.3) is 0 Å². The highest BCUT2D eigenvalue weighted by atomic mass is 32.1. The van der Waals surface area contributed by atoms with Crippen molar-refractivity contribution in [2.75, 3.05) is 13.7 Å². The van der Waals surface area contributed by atoms with Gasteiger partial charge in [-0.1, -0.05) is 25.2 Å². The van der Waals surface area contributed by atoms with E-state index in [2.05, 4.69) is 11.8 Å². The molecular formula is C22H27NO4S. The van der Waals surface area contributed by atoms with Crippen LogP contribution in [-0.4, -0.2) is 47.7 Å². The van der Waals surface area contributed by atoms with Crippen molar-refractivity contribution in [1.29, 1.82) is 0 Å². The van der Waals surface area contributed by atoms with Gasteiger partial charge in [0.1, 0.15) is 4.88 Å². The molecule has 2 rings (SSSR count). The van der Waals surface area contributed by atoms with Gasteiger partial charge in [-0.2, -0.15) is 0 Å². The molecule has 0 aromatic carbocycles. The van der Waals surface area contributed by atoms with Crippen LogP contribution in [0.4, 0.5) is 0 Å². The predicted octanol–water partition coefficient (Wildman–Crippen LogP) is 3.51. The fourth-order valence-corrected chi connectivity index (χ4v) is 3.80. The maximum Gasteiger partial charge on any atom is 0.348 e. The lowest BCUT2D eigenvalue weighted by molar-refractivity contribution is -0.127. The van der Waals surface area contributed by atoms with Gasteiger partial charge in [-0.25, -0.2) is 4.79 Å². The molecule has 1 aliphatic rings. The summed E-state index contributed by atoms with van der Waals surface area (Å²) in [4.78, 5) is 27.0. The lowest BCUT2D eigenvalue weighted by atomic mass is 10.00. The molecule has 0 bridgehead atoms. The molecule has 6 heteroatoms. The van der Waals surface area contributed by atoms with Crippen LogP contribution in [-0.2, 0) is 9.53 Å². The minimum atomic E-state index is -0.572. The summed E-state index contributed by atoms with van der Waals surface area (Å²) in [5.41, 5.74) is 0. The van der Waals surface area contributed by atoms with Gasteiger partial charge in [0.15, 0.2) is 0 Å². The molecule has 1 fully saturated rings. The Labute approximate surface area is 170 Å². The molecule has 1 aromatic rings. The smallest absolute Gasteiger partial charge is 0.348 e. The van der Waals surface area contributed by atoms with E-state index in [0.29, 0.717) is 24.3 Å². The standard InChI is InChI=1S/C22H27NO4S/c1-4-5-7-16(2)19(24)12-9-17-10-14-21(25)23(17)15-6-8-18-11-13-20(28-18)22(26)27-3/h6,8-9,11-13,16-17,19,24H,7,10,14-15H2,1-3H3/t16-,17-,19+/m0/s1. The number of thiophene rings is 1. The minimum Gasteiger partial charge on any atom is -0.465 e. The summed E-state index contributed by atoms with van der Waals surface area (Å²) in [6.45, 7) is 4.24. The molecule has 1 saturated heterocycles. The number of aliphatic hydroxyl groups excluding tert-OH is 1. The van der Waals surface area contributed by atoms with Gasteiger partial charge >= 0.3 is 5.97 Å². The molecule has 1 aliphatic heterocycles. The fourth-order valence-electron chi connectivity index (χ4n) is 2.94. The highest BCUT2D eigenvalue weighted by molar-refractivity contribution is 7.14. The van der Waals surface area contributed by atoms with Crippen LogP contribution in [0.15, 0.2) is 30.4 Å². The summed E-state index contributed by atoms with van der Waals surface area (Å²) < 4.78 is 4.71. The highest BCUT2D eigenvalue weighted by Gasteiger charge is 2.28. The first-order valence-electron chi connectivity index (χ1n) is 9.36. The van der Waals surface area contributed by atoms with Crippen molar-refractivity contribution in [2.24, 2.45) is 5.92 Å². The summed E-state index contributed by atoms with van der Waals surface area (Å²) >= 11 is 1.35. The van der Waals surface area contributed by atoms with E-state index in [9.17, 15) is 14.7 Å². The Morgan fingerprint density at radius 2 is 2.29 bits per heavy atom. The van der Waals surface area contributed by atoms with Crippen molar-refractivity contribution in [2.45, 2.75) is 45.3 Å². The van der Waals surface area contributed by atoms with Crippen LogP contribution >= 0.6 is 11.3 Å². The second-order valence-corrected chi connectivity index (χ2v) is 7.85. The van der Waals surface area contributed by atoms with E-state index in [1.807, 2.05) is 36.1 Å². The van der Waals surface area contributed by atoms with Crippen molar-refractivity contribution in [3.8, 4) is 11.8 Å². The average molecular weight is 402 g/mol. The second kappa shape index (κ2) is 10.8. The molecule has 0 aliphatic carbocycles. The van der Waals surface area contributed by atoms with Crippen LogP contribution in [0.5, 0.6) is 0 Å². The lowest BCUT2D eigenvalue weighted by Gasteiger charge is -2.21. The number of nitrogens with zero attached hydrogens (tertiary/aromatic N) is 1. The van der Waals surface area contributed by atoms with Crippen molar-refractivity contribution in [3.63, 3.8) is 0 Å². The third-order valence-electron chi connectivity index (χ3n) is 4.69. The molecular weight excluding hydrogens is 374 g/mol. The Kier molecular flexibility index (Phi) is 8.49. The lowest BCUT2D eigenvalue weighted by Crippen LogP contribution is -2.32. The van der Waals surface area contributed by atoms with E-state index in [0.717, 1.165) is 11.3 Å². The summed E-state index contributed by atoms with van der Waals surface area (Å²) in [7, 11) is 1.36. The van der Waals surface area contributed by atoms with Gasteiger partial charge in [0, 0.05) is 24.3 Å². The molecule has 28 heavy (non-hydrogen) atoms. The number of hydrogen-bond donors (Lipinski definition) is 1. The molecule has 3 atom stereocenters. The zero-order valence-corrected chi connectivity index (χ0v) is 17.4. The summed E-state index contributed by atoms with van der Waals surface area (Å²) in [5, 5.41) is 10.2. The predicted molar refractivity (Wildman–Crippen MR) is 112 cm³/mol. The molecule has 2 heterocycles. The first-order chi connectivity index (χ1) is 13.5. The number of hydrogen-bond acceptors (Lipinski definition) is 5.